The van der Waals surface area contributed by atoms with Gasteiger partial charge in [0.2, 0.25) is 0 Å². The highest BCUT2D eigenvalue weighted by atomic mass is 32.1. The molecular formula is C28H37N5O3S. The molecule has 198 valence electrons. The number of nitrogens with zero attached hydrogens (tertiary/aromatic N) is 5. The molecule has 5 heterocycles. The predicted molar refractivity (Wildman–Crippen MR) is 144 cm³/mol. The number of piperidine rings is 1. The normalized spacial score (nSPS) is 20.9. The minimum absolute atomic E-state index is 0.00815. The first-order chi connectivity index (χ1) is 18.2. The number of aromatic nitrogens is 4. The van der Waals surface area contributed by atoms with Gasteiger partial charge in [-0.25, -0.2) is 14.6 Å². The molecule has 0 aliphatic carbocycles. The van der Waals surface area contributed by atoms with Gasteiger partial charge in [-0.05, 0) is 82.7 Å². The largest absolute Gasteiger partial charge is 0.492 e. The number of hydrogen-bond donors (Lipinski definition) is 0. The number of hydrogen-bond acceptors (Lipinski definition) is 8. The molecule has 3 aliphatic rings. The molecule has 9 heteroatoms. The summed E-state index contributed by atoms with van der Waals surface area (Å²) in [7, 11) is 0. The third-order valence-electron chi connectivity index (χ3n) is 7.71. The minimum atomic E-state index is 0.00815. The van der Waals surface area contributed by atoms with Gasteiger partial charge in [0, 0.05) is 36.1 Å². The summed E-state index contributed by atoms with van der Waals surface area (Å²) in [5.74, 6) is 2.36. The molecule has 0 bridgehead atoms. The number of ether oxygens (including phenoxy) is 3. The van der Waals surface area contributed by atoms with Crippen LogP contribution in [0.15, 0.2) is 24.5 Å². The molecule has 2 aromatic heterocycles. The van der Waals surface area contributed by atoms with Crippen molar-refractivity contribution in [2.24, 2.45) is 0 Å². The van der Waals surface area contributed by atoms with Crippen molar-refractivity contribution in [3.8, 4) is 27.8 Å². The average Bonchev–Trinajstić information content (AvgIpc) is 3.54. The van der Waals surface area contributed by atoms with Crippen LogP contribution < -0.4 is 4.74 Å². The topological polar surface area (TPSA) is 74.5 Å². The summed E-state index contributed by atoms with van der Waals surface area (Å²) in [6.07, 6.45) is 8.22. The maximum absolute atomic E-state index is 6.24. The number of likely N-dealkylation sites (tertiary alicyclic amines) is 1. The summed E-state index contributed by atoms with van der Waals surface area (Å²) in [4.78, 5) is 13.3. The van der Waals surface area contributed by atoms with E-state index >= 15 is 0 Å². The molecule has 0 radical (unpaired) electrons. The Balaban J connectivity index is 1.11. The van der Waals surface area contributed by atoms with Crippen LogP contribution in [0.25, 0.3) is 22.1 Å². The van der Waals surface area contributed by atoms with E-state index in [1.807, 2.05) is 4.68 Å². The van der Waals surface area contributed by atoms with Crippen LogP contribution in [0.2, 0.25) is 0 Å². The molecule has 3 aromatic rings. The van der Waals surface area contributed by atoms with Crippen LogP contribution in [-0.2, 0) is 15.9 Å². The predicted octanol–water partition coefficient (Wildman–Crippen LogP) is 5.31. The van der Waals surface area contributed by atoms with Crippen molar-refractivity contribution < 1.29 is 14.2 Å². The highest BCUT2D eigenvalue weighted by molar-refractivity contribution is 7.15. The van der Waals surface area contributed by atoms with Gasteiger partial charge in [0.25, 0.3) is 0 Å². The molecule has 0 spiro atoms. The Labute approximate surface area is 223 Å². The summed E-state index contributed by atoms with van der Waals surface area (Å²) in [6, 6.07) is 7.01. The van der Waals surface area contributed by atoms with Crippen molar-refractivity contribution in [1.29, 1.82) is 0 Å². The van der Waals surface area contributed by atoms with E-state index in [-0.39, 0.29) is 12.3 Å². The molecule has 8 nitrogen and oxygen atoms in total. The number of fused-ring (bicyclic) bond motifs is 3. The van der Waals surface area contributed by atoms with Crippen molar-refractivity contribution in [3.05, 3.63) is 35.0 Å². The van der Waals surface area contributed by atoms with Crippen LogP contribution in [0.3, 0.4) is 0 Å². The molecule has 0 saturated carbocycles. The summed E-state index contributed by atoms with van der Waals surface area (Å²) in [6.45, 7) is 9.70. The maximum atomic E-state index is 6.24. The second kappa shape index (κ2) is 11.2. The first-order valence-electron chi connectivity index (χ1n) is 13.8. The van der Waals surface area contributed by atoms with Gasteiger partial charge in [0.1, 0.15) is 12.1 Å². The van der Waals surface area contributed by atoms with Crippen LogP contribution >= 0.6 is 11.3 Å². The second-order valence-electron chi connectivity index (χ2n) is 10.5. The highest BCUT2D eigenvalue weighted by Crippen LogP contribution is 2.42. The van der Waals surface area contributed by atoms with Gasteiger partial charge in [0.05, 0.1) is 18.9 Å². The zero-order valence-corrected chi connectivity index (χ0v) is 22.7. The summed E-state index contributed by atoms with van der Waals surface area (Å²) in [5, 5.41) is 5.33. The van der Waals surface area contributed by atoms with E-state index in [1.54, 1.807) is 17.7 Å². The molecule has 1 atom stereocenters. The van der Waals surface area contributed by atoms with Gasteiger partial charge in [-0.1, -0.05) is 6.07 Å². The molecule has 0 amide bonds. The molecule has 37 heavy (non-hydrogen) atoms. The van der Waals surface area contributed by atoms with Crippen LogP contribution in [0, 0.1) is 0 Å². The minimum Gasteiger partial charge on any atom is -0.492 e. The second-order valence-corrected chi connectivity index (χ2v) is 11.6. The smallest absolute Gasteiger partial charge is 0.187 e. The Morgan fingerprint density at radius 1 is 1.14 bits per heavy atom. The van der Waals surface area contributed by atoms with Crippen molar-refractivity contribution in [2.45, 2.75) is 70.6 Å². The van der Waals surface area contributed by atoms with Crippen LogP contribution in [0.4, 0.5) is 0 Å². The first kappa shape index (κ1) is 25.0. The quantitative estimate of drug-likeness (QED) is 0.416. The lowest BCUT2D eigenvalue weighted by Gasteiger charge is -2.33. The molecule has 3 aliphatic heterocycles. The molecule has 2 saturated heterocycles. The third kappa shape index (κ3) is 5.46. The lowest BCUT2D eigenvalue weighted by atomic mass is 9.88. The van der Waals surface area contributed by atoms with Gasteiger partial charge in [-0.15, -0.1) is 11.3 Å². The third-order valence-corrected chi connectivity index (χ3v) is 8.82. The monoisotopic (exact) mass is 523 g/mol. The van der Waals surface area contributed by atoms with Gasteiger partial charge in [-0.3, -0.25) is 0 Å². The SMILES string of the molecule is CC(C)n1ncnc1-c1nc2c(s1)CCOc1cc(C3CCN(CCOC4CCCCO4)CC3)ccc1-2. The number of thiazole rings is 1. The lowest BCUT2D eigenvalue weighted by Crippen LogP contribution is -2.36. The van der Waals surface area contributed by atoms with E-state index in [0.717, 1.165) is 92.8 Å². The van der Waals surface area contributed by atoms with Gasteiger partial charge < -0.3 is 19.1 Å². The van der Waals surface area contributed by atoms with Gasteiger partial charge >= 0.3 is 0 Å². The van der Waals surface area contributed by atoms with E-state index < -0.39 is 0 Å². The van der Waals surface area contributed by atoms with Gasteiger partial charge in [0.15, 0.2) is 17.1 Å². The lowest BCUT2D eigenvalue weighted by molar-refractivity contribution is -0.164. The van der Waals surface area contributed by atoms with E-state index in [1.165, 1.54) is 16.9 Å². The van der Waals surface area contributed by atoms with Crippen molar-refractivity contribution in [2.75, 3.05) is 39.5 Å². The summed E-state index contributed by atoms with van der Waals surface area (Å²) < 4.78 is 19.8. The highest BCUT2D eigenvalue weighted by Gasteiger charge is 2.26. The number of benzene rings is 1. The Kier molecular flexibility index (Phi) is 7.55. The summed E-state index contributed by atoms with van der Waals surface area (Å²) >= 11 is 1.71. The Morgan fingerprint density at radius 3 is 2.84 bits per heavy atom. The Morgan fingerprint density at radius 2 is 2.03 bits per heavy atom. The fourth-order valence-corrected chi connectivity index (χ4v) is 6.66. The van der Waals surface area contributed by atoms with Crippen LogP contribution in [0.1, 0.15) is 68.4 Å². The maximum Gasteiger partial charge on any atom is 0.187 e. The molecule has 1 unspecified atom stereocenters. The first-order valence-corrected chi connectivity index (χ1v) is 14.6. The van der Waals surface area contributed by atoms with E-state index in [4.69, 9.17) is 19.2 Å². The Bertz CT molecular complexity index is 1190. The molecular weight excluding hydrogens is 486 g/mol. The van der Waals surface area contributed by atoms with Crippen LogP contribution in [-0.4, -0.2) is 70.4 Å². The van der Waals surface area contributed by atoms with Gasteiger partial charge in [-0.2, -0.15) is 5.10 Å². The Hall–Kier alpha value is -2.33. The molecule has 1 aromatic carbocycles. The van der Waals surface area contributed by atoms with E-state index in [2.05, 4.69) is 47.0 Å². The van der Waals surface area contributed by atoms with Crippen molar-refractivity contribution in [3.63, 3.8) is 0 Å². The average molecular weight is 524 g/mol. The van der Waals surface area contributed by atoms with E-state index in [9.17, 15) is 0 Å². The number of rotatable bonds is 7. The fourth-order valence-electron chi connectivity index (χ4n) is 5.62. The molecule has 0 N–H and O–H groups in total. The fraction of sp³-hybridized carbons (Fsp3) is 0.607. The summed E-state index contributed by atoms with van der Waals surface area (Å²) in [5.41, 5.74) is 3.51. The molecule has 2 fully saturated rings. The zero-order valence-electron chi connectivity index (χ0n) is 21.9. The zero-order chi connectivity index (χ0) is 25.2. The standard InChI is InChI=1S/C28H37N5O3S/c1-19(2)33-27(29-18-30-33)28-31-26-22-7-6-21(17-23(22)34-15-10-24(26)37-28)20-8-11-32(12-9-20)13-16-36-25-5-3-4-14-35-25/h6-7,17-20,25H,3-5,8-16H2,1-2H3. The van der Waals surface area contributed by atoms with Crippen molar-refractivity contribution >= 4 is 11.3 Å². The van der Waals surface area contributed by atoms with Crippen molar-refractivity contribution in [1.82, 2.24) is 24.6 Å². The van der Waals surface area contributed by atoms with Crippen LogP contribution in [0.5, 0.6) is 5.75 Å². The molecule has 6 rings (SSSR count). The van der Waals surface area contributed by atoms with E-state index in [0.29, 0.717) is 12.5 Å².